The van der Waals surface area contributed by atoms with Gasteiger partial charge in [0.2, 0.25) is 10.0 Å². The zero-order chi connectivity index (χ0) is 20.1. The minimum Gasteiger partial charge on any atom is -0.497 e. The van der Waals surface area contributed by atoms with E-state index in [1.54, 1.807) is 36.4 Å². The fourth-order valence-corrected chi connectivity index (χ4v) is 4.60. The molecule has 1 aliphatic rings. The summed E-state index contributed by atoms with van der Waals surface area (Å²) in [6.07, 6.45) is 0. The van der Waals surface area contributed by atoms with Gasteiger partial charge in [-0.25, -0.2) is 12.8 Å². The van der Waals surface area contributed by atoms with Crippen molar-refractivity contribution in [3.63, 3.8) is 0 Å². The van der Waals surface area contributed by atoms with E-state index in [1.165, 1.54) is 23.5 Å². The Morgan fingerprint density at radius 1 is 1.07 bits per heavy atom. The fraction of sp³-hybridized carbons (Fsp3) is 0.316. The van der Waals surface area contributed by atoms with E-state index in [2.05, 4.69) is 5.32 Å². The van der Waals surface area contributed by atoms with Gasteiger partial charge in [0, 0.05) is 32.7 Å². The van der Waals surface area contributed by atoms with E-state index < -0.39 is 10.0 Å². The Morgan fingerprint density at radius 2 is 1.68 bits per heavy atom. The van der Waals surface area contributed by atoms with Crippen LogP contribution in [-0.4, -0.2) is 56.0 Å². The van der Waals surface area contributed by atoms with E-state index in [4.69, 9.17) is 17.0 Å². The van der Waals surface area contributed by atoms with Crippen LogP contribution in [0.25, 0.3) is 0 Å². The molecule has 150 valence electrons. The van der Waals surface area contributed by atoms with E-state index in [9.17, 15) is 12.8 Å². The van der Waals surface area contributed by atoms with Crippen LogP contribution in [0.15, 0.2) is 53.4 Å². The predicted molar refractivity (Wildman–Crippen MR) is 109 cm³/mol. The Hall–Kier alpha value is -2.23. The van der Waals surface area contributed by atoms with Gasteiger partial charge < -0.3 is 15.0 Å². The molecule has 9 heteroatoms. The van der Waals surface area contributed by atoms with Gasteiger partial charge in [0.1, 0.15) is 11.6 Å². The monoisotopic (exact) mass is 423 g/mol. The number of rotatable bonds is 5. The molecule has 0 unspecified atom stereocenters. The summed E-state index contributed by atoms with van der Waals surface area (Å²) in [4.78, 5) is 2.19. The van der Waals surface area contributed by atoms with Crippen molar-refractivity contribution in [3.05, 3.63) is 59.9 Å². The second kappa shape index (κ2) is 8.85. The summed E-state index contributed by atoms with van der Waals surface area (Å²) >= 11 is 5.41. The zero-order valence-electron chi connectivity index (χ0n) is 15.5. The molecule has 2 aromatic carbocycles. The van der Waals surface area contributed by atoms with Crippen molar-refractivity contribution in [2.75, 3.05) is 33.3 Å². The highest BCUT2D eigenvalue weighted by Gasteiger charge is 2.29. The number of benzene rings is 2. The molecule has 1 aliphatic heterocycles. The minimum absolute atomic E-state index is 0.249. The van der Waals surface area contributed by atoms with Gasteiger partial charge in [-0.1, -0.05) is 12.1 Å². The maximum Gasteiger partial charge on any atom is 0.243 e. The summed E-state index contributed by atoms with van der Waals surface area (Å²) in [5.41, 5.74) is 0.921. The molecular weight excluding hydrogens is 401 g/mol. The highest BCUT2D eigenvalue weighted by Crippen LogP contribution is 2.20. The molecule has 28 heavy (non-hydrogen) atoms. The molecule has 2 aromatic rings. The first-order valence-electron chi connectivity index (χ1n) is 8.81. The molecule has 1 saturated heterocycles. The molecule has 1 heterocycles. The van der Waals surface area contributed by atoms with Crippen LogP contribution >= 0.6 is 12.2 Å². The number of sulfonamides is 1. The lowest BCUT2D eigenvalue weighted by molar-refractivity contribution is 0.264. The first-order chi connectivity index (χ1) is 13.4. The average Bonchev–Trinajstić information content (AvgIpc) is 2.73. The number of nitrogens with one attached hydrogen (secondary N) is 1. The summed E-state index contributed by atoms with van der Waals surface area (Å²) < 4.78 is 45.1. The smallest absolute Gasteiger partial charge is 0.243 e. The summed E-state index contributed by atoms with van der Waals surface area (Å²) in [7, 11) is -2.01. The molecule has 6 nitrogen and oxygen atoms in total. The fourth-order valence-electron chi connectivity index (χ4n) is 2.92. The highest BCUT2D eigenvalue weighted by atomic mass is 32.2. The first kappa shape index (κ1) is 20.5. The lowest BCUT2D eigenvalue weighted by Crippen LogP contribution is -2.52. The van der Waals surface area contributed by atoms with E-state index in [-0.39, 0.29) is 10.7 Å². The quantitative estimate of drug-likeness (QED) is 0.744. The van der Waals surface area contributed by atoms with Crippen LogP contribution in [0.1, 0.15) is 5.56 Å². The van der Waals surface area contributed by atoms with Crippen molar-refractivity contribution >= 4 is 27.4 Å². The van der Waals surface area contributed by atoms with Crippen LogP contribution in [-0.2, 0) is 16.6 Å². The molecule has 1 fully saturated rings. The molecule has 1 N–H and O–H groups in total. The summed E-state index contributed by atoms with van der Waals surface area (Å²) in [5, 5.41) is 3.70. The van der Waals surface area contributed by atoms with E-state index in [0.717, 1.165) is 5.56 Å². The number of halogens is 1. The third-order valence-corrected chi connectivity index (χ3v) is 6.90. The van der Waals surface area contributed by atoms with E-state index in [0.29, 0.717) is 43.6 Å². The maximum absolute atomic E-state index is 13.0. The van der Waals surface area contributed by atoms with Crippen LogP contribution in [0.2, 0.25) is 0 Å². The number of hydrogen-bond acceptors (Lipinski definition) is 4. The largest absolute Gasteiger partial charge is 0.497 e. The first-order valence-corrected chi connectivity index (χ1v) is 10.7. The van der Waals surface area contributed by atoms with Crippen LogP contribution in [0.4, 0.5) is 4.39 Å². The van der Waals surface area contributed by atoms with Gasteiger partial charge in [0.25, 0.3) is 0 Å². The molecule has 0 amide bonds. The van der Waals surface area contributed by atoms with Crippen molar-refractivity contribution in [1.29, 1.82) is 0 Å². The summed E-state index contributed by atoms with van der Waals surface area (Å²) in [5.74, 6) is 0.335. The number of hydrogen-bond donors (Lipinski definition) is 1. The van der Waals surface area contributed by atoms with Crippen molar-refractivity contribution in [2.45, 2.75) is 11.4 Å². The third-order valence-electron chi connectivity index (χ3n) is 4.58. The number of methoxy groups -OCH3 is 1. The van der Waals surface area contributed by atoms with Gasteiger partial charge >= 0.3 is 0 Å². The van der Waals surface area contributed by atoms with Crippen LogP contribution < -0.4 is 10.1 Å². The summed E-state index contributed by atoms with van der Waals surface area (Å²) in [6, 6.07) is 12.6. The normalized spacial score (nSPS) is 15.3. The maximum atomic E-state index is 13.0. The molecule has 0 bridgehead atoms. The van der Waals surface area contributed by atoms with Gasteiger partial charge in [-0.05, 0) is 54.2 Å². The molecular formula is C19H22FN3O3S2. The minimum atomic E-state index is -3.54. The second-order valence-corrected chi connectivity index (χ2v) is 8.68. The van der Waals surface area contributed by atoms with Gasteiger partial charge in [-0.15, -0.1) is 0 Å². The second-order valence-electron chi connectivity index (χ2n) is 6.35. The van der Waals surface area contributed by atoms with Crippen LogP contribution in [0, 0.1) is 5.82 Å². The molecule has 0 spiro atoms. The lowest BCUT2D eigenvalue weighted by atomic mass is 10.2. The molecule has 0 aromatic heterocycles. The number of ether oxygens (including phenoxy) is 1. The van der Waals surface area contributed by atoms with Crippen molar-refractivity contribution in [3.8, 4) is 5.75 Å². The van der Waals surface area contributed by atoms with Crippen molar-refractivity contribution in [1.82, 2.24) is 14.5 Å². The Bertz CT molecular complexity index is 910. The topological polar surface area (TPSA) is 61.9 Å². The van der Waals surface area contributed by atoms with Gasteiger partial charge in [0.05, 0.1) is 12.0 Å². The summed E-state index contributed by atoms with van der Waals surface area (Å²) in [6.45, 7) is 2.21. The highest BCUT2D eigenvalue weighted by molar-refractivity contribution is 7.89. The molecule has 3 rings (SSSR count). The molecule has 0 aliphatic carbocycles. The number of thiocarbonyl (C=S) groups is 1. The Balaban J connectivity index is 1.54. The number of nitrogens with zero attached hydrogens (tertiary/aromatic N) is 2. The Kier molecular flexibility index (Phi) is 6.48. The number of piperazine rings is 1. The SMILES string of the molecule is COc1ccc(S(=O)(=O)N2CCN(C(=S)NCc3ccc(F)cc3)CC2)cc1. The van der Waals surface area contributed by atoms with Crippen molar-refractivity contribution < 1.29 is 17.5 Å². The molecule has 0 saturated carbocycles. The zero-order valence-corrected chi connectivity index (χ0v) is 17.1. The van der Waals surface area contributed by atoms with E-state index in [1.807, 2.05) is 4.90 Å². The molecule has 0 atom stereocenters. The third kappa shape index (κ3) is 4.78. The molecule has 0 radical (unpaired) electrons. The van der Waals surface area contributed by atoms with Gasteiger partial charge in [-0.3, -0.25) is 0 Å². The Morgan fingerprint density at radius 3 is 2.25 bits per heavy atom. The Labute approximate surface area is 170 Å². The average molecular weight is 424 g/mol. The van der Waals surface area contributed by atoms with Crippen molar-refractivity contribution in [2.24, 2.45) is 0 Å². The van der Waals surface area contributed by atoms with Gasteiger partial charge in [-0.2, -0.15) is 4.31 Å². The van der Waals surface area contributed by atoms with Crippen LogP contribution in [0.5, 0.6) is 5.75 Å². The standard InChI is InChI=1S/C19H22FN3O3S2/c1-26-17-6-8-18(9-7-17)28(24,25)23-12-10-22(11-13-23)19(27)21-14-15-2-4-16(20)5-3-15/h2-9H,10-14H2,1H3,(H,21,27). The predicted octanol–water partition coefficient (Wildman–Crippen LogP) is 2.22. The van der Waals surface area contributed by atoms with Crippen LogP contribution in [0.3, 0.4) is 0 Å². The van der Waals surface area contributed by atoms with E-state index >= 15 is 0 Å². The lowest BCUT2D eigenvalue weighted by Gasteiger charge is -2.35. The van der Waals surface area contributed by atoms with Gasteiger partial charge in [0.15, 0.2) is 5.11 Å².